The second kappa shape index (κ2) is 13.4. The van der Waals surface area contributed by atoms with Crippen molar-refractivity contribution in [2.24, 2.45) is 0 Å². The van der Waals surface area contributed by atoms with E-state index in [0.717, 1.165) is 59.8 Å². The molecule has 4 rings (SSSR count). The van der Waals surface area contributed by atoms with E-state index in [1.54, 1.807) is 6.07 Å². The van der Waals surface area contributed by atoms with E-state index in [1.807, 2.05) is 18.2 Å². The molecule has 6 heteroatoms. The molecule has 1 aliphatic rings. The number of hydrogen-bond acceptors (Lipinski definition) is 3. The fraction of sp³-hybridized carbons (Fsp3) is 0.300. The maximum Gasteiger partial charge on any atom is 0.248 e. The smallest absolute Gasteiger partial charge is 0.248 e. The largest absolute Gasteiger partial charge is 0.492 e. The maximum absolute atomic E-state index is 13.4. The minimum Gasteiger partial charge on any atom is -0.492 e. The van der Waals surface area contributed by atoms with E-state index in [2.05, 4.69) is 63.0 Å². The third kappa shape index (κ3) is 7.52. The molecule has 1 amide bonds. The van der Waals surface area contributed by atoms with E-state index in [4.69, 9.17) is 4.74 Å². The van der Waals surface area contributed by atoms with Gasteiger partial charge in [0.25, 0.3) is 0 Å². The highest BCUT2D eigenvalue weighted by Gasteiger charge is 2.19. The molecule has 0 saturated heterocycles. The van der Waals surface area contributed by atoms with E-state index in [-0.39, 0.29) is 11.7 Å². The predicted octanol–water partition coefficient (Wildman–Crippen LogP) is 6.10. The maximum atomic E-state index is 13.4. The Morgan fingerprint density at radius 1 is 0.972 bits per heavy atom. The van der Waals surface area contributed by atoms with Gasteiger partial charge in [-0.25, -0.2) is 4.39 Å². The fourth-order valence-corrected chi connectivity index (χ4v) is 4.75. The first-order valence-corrected chi connectivity index (χ1v) is 13.3. The number of rotatable bonds is 11. The van der Waals surface area contributed by atoms with Crippen molar-refractivity contribution in [1.29, 1.82) is 0 Å². The molecule has 0 saturated carbocycles. The minimum atomic E-state index is -0.309. The molecule has 1 aliphatic heterocycles. The third-order valence-electron chi connectivity index (χ3n) is 6.33. The zero-order valence-corrected chi connectivity index (χ0v) is 22.0. The predicted molar refractivity (Wildman–Crippen MR) is 147 cm³/mol. The molecule has 0 radical (unpaired) electrons. The van der Waals surface area contributed by atoms with Crippen LogP contribution >= 0.6 is 15.9 Å². The number of aryl methyl sites for hydroxylation is 2. The number of halogens is 2. The summed E-state index contributed by atoms with van der Waals surface area (Å²) < 4.78 is 19.9. The molecule has 2 N–H and O–H groups in total. The molecule has 0 unspecified atom stereocenters. The van der Waals surface area contributed by atoms with Gasteiger partial charge in [-0.1, -0.05) is 54.6 Å². The van der Waals surface area contributed by atoms with E-state index >= 15 is 0 Å². The first-order valence-electron chi connectivity index (χ1n) is 12.5. The van der Waals surface area contributed by atoms with Crippen molar-refractivity contribution in [3.8, 4) is 5.75 Å². The summed E-state index contributed by atoms with van der Waals surface area (Å²) in [6.07, 6.45) is 4.40. The lowest BCUT2D eigenvalue weighted by Gasteiger charge is -2.21. The third-order valence-corrected chi connectivity index (χ3v) is 6.98. The Labute approximate surface area is 221 Å². The van der Waals surface area contributed by atoms with Crippen LogP contribution in [0.4, 0.5) is 4.39 Å². The summed E-state index contributed by atoms with van der Waals surface area (Å²) in [5.74, 6) is 0.236. The number of carbonyl (C=O) groups is 1. The van der Waals surface area contributed by atoms with Gasteiger partial charge in [-0.15, -0.1) is 0 Å². The monoisotopic (exact) mass is 550 g/mol. The van der Waals surface area contributed by atoms with Crippen LogP contribution in [0.1, 0.15) is 36.0 Å². The summed E-state index contributed by atoms with van der Waals surface area (Å²) in [5, 5.41) is 6.45. The van der Waals surface area contributed by atoms with Gasteiger partial charge in [0, 0.05) is 24.7 Å². The molecule has 1 heterocycles. The van der Waals surface area contributed by atoms with Crippen LogP contribution in [0.25, 0.3) is 5.57 Å². The number of carbonyl (C=O) groups excluding carboxylic acids is 1. The van der Waals surface area contributed by atoms with Crippen LogP contribution < -0.4 is 15.4 Å². The van der Waals surface area contributed by atoms with E-state index in [9.17, 15) is 9.18 Å². The summed E-state index contributed by atoms with van der Waals surface area (Å²) in [7, 11) is 0. The minimum absolute atomic E-state index is 0.0231. The Morgan fingerprint density at radius 2 is 1.72 bits per heavy atom. The molecule has 0 aromatic heterocycles. The van der Waals surface area contributed by atoms with Crippen LogP contribution in [0.3, 0.4) is 0 Å². The Hall–Kier alpha value is -2.96. The van der Waals surface area contributed by atoms with Gasteiger partial charge in [-0.3, -0.25) is 4.79 Å². The number of nitrogens with one attached hydrogen (secondary N) is 2. The Morgan fingerprint density at radius 3 is 2.53 bits per heavy atom. The molecule has 3 aromatic carbocycles. The molecular weight excluding hydrogens is 519 g/mol. The molecule has 0 spiro atoms. The lowest BCUT2D eigenvalue weighted by Crippen LogP contribution is -2.35. The lowest BCUT2D eigenvalue weighted by molar-refractivity contribution is -0.117. The van der Waals surface area contributed by atoms with Gasteiger partial charge < -0.3 is 15.4 Å². The van der Waals surface area contributed by atoms with Crippen LogP contribution in [0, 0.1) is 5.82 Å². The molecular formula is C30H32BrFN2O2. The van der Waals surface area contributed by atoms with Gasteiger partial charge in [-0.05, 0) is 89.0 Å². The van der Waals surface area contributed by atoms with Gasteiger partial charge in [0.1, 0.15) is 11.6 Å². The Kier molecular flexibility index (Phi) is 9.70. The van der Waals surface area contributed by atoms with E-state index in [1.165, 1.54) is 23.3 Å². The molecule has 36 heavy (non-hydrogen) atoms. The average Bonchev–Trinajstić information content (AvgIpc) is 2.92. The number of hydrogen-bond donors (Lipinski definition) is 2. The first-order chi connectivity index (χ1) is 17.6. The number of amides is 1. The van der Waals surface area contributed by atoms with Gasteiger partial charge in [0.15, 0.2) is 0 Å². The van der Waals surface area contributed by atoms with Crippen LogP contribution in [0.2, 0.25) is 0 Å². The zero-order valence-electron chi connectivity index (χ0n) is 20.4. The average molecular weight is 552 g/mol. The van der Waals surface area contributed by atoms with Crippen molar-refractivity contribution in [3.63, 3.8) is 0 Å². The zero-order chi connectivity index (χ0) is 25.2. The molecule has 0 aliphatic carbocycles. The molecule has 0 bridgehead atoms. The summed E-state index contributed by atoms with van der Waals surface area (Å²) in [4.78, 5) is 12.9. The summed E-state index contributed by atoms with van der Waals surface area (Å²) >= 11 is 3.39. The van der Waals surface area contributed by atoms with Crippen molar-refractivity contribution in [1.82, 2.24) is 10.6 Å². The molecule has 4 nitrogen and oxygen atoms in total. The quantitative estimate of drug-likeness (QED) is 0.284. The summed E-state index contributed by atoms with van der Waals surface area (Å²) in [5.41, 5.74) is 5.57. The van der Waals surface area contributed by atoms with Gasteiger partial charge >= 0.3 is 0 Å². The molecule has 0 fully saturated rings. The van der Waals surface area contributed by atoms with Crippen LogP contribution in [-0.4, -0.2) is 32.1 Å². The van der Waals surface area contributed by atoms with Crippen molar-refractivity contribution in [2.45, 2.75) is 32.1 Å². The first kappa shape index (κ1) is 26.1. The van der Waals surface area contributed by atoms with Crippen LogP contribution in [0.15, 0.2) is 82.8 Å². The fourth-order valence-electron chi connectivity index (χ4n) is 4.38. The molecule has 188 valence electrons. The number of ether oxygens (including phenoxy) is 1. The van der Waals surface area contributed by atoms with Crippen molar-refractivity contribution >= 4 is 27.4 Å². The second-order valence-electron chi connectivity index (χ2n) is 8.95. The van der Waals surface area contributed by atoms with Crippen LogP contribution in [-0.2, 0) is 17.6 Å². The normalized spacial score (nSPS) is 13.5. The second-order valence-corrected chi connectivity index (χ2v) is 9.81. The summed E-state index contributed by atoms with van der Waals surface area (Å²) in [6, 6.07) is 23.3. The number of benzene rings is 3. The van der Waals surface area contributed by atoms with Gasteiger partial charge in [0.05, 0.1) is 11.1 Å². The Bertz CT molecular complexity index is 1180. The summed E-state index contributed by atoms with van der Waals surface area (Å²) in [6.45, 7) is 2.64. The highest BCUT2D eigenvalue weighted by atomic mass is 79.9. The van der Waals surface area contributed by atoms with Gasteiger partial charge in [-0.2, -0.15) is 0 Å². The van der Waals surface area contributed by atoms with Crippen LogP contribution in [0.5, 0.6) is 5.75 Å². The van der Waals surface area contributed by atoms with Crippen molar-refractivity contribution < 1.29 is 13.9 Å². The SMILES string of the molecule is O=C(NCCCc1ccccc1)C1=C(c2ccc(CCCOc3cc(F)ccc3Br)cc2)CCNC1. The van der Waals surface area contributed by atoms with Crippen molar-refractivity contribution in [2.75, 3.05) is 26.2 Å². The molecule has 3 aromatic rings. The topological polar surface area (TPSA) is 50.4 Å². The van der Waals surface area contributed by atoms with E-state index in [0.29, 0.717) is 25.4 Å². The Balaban J connectivity index is 1.29. The molecule has 0 atom stereocenters. The van der Waals surface area contributed by atoms with E-state index < -0.39 is 0 Å². The van der Waals surface area contributed by atoms with Crippen molar-refractivity contribution in [3.05, 3.63) is 105 Å². The lowest BCUT2D eigenvalue weighted by atomic mass is 9.92. The standard InChI is InChI=1S/C30H32BrFN2O2/c31-28-15-14-25(32)20-29(28)36-19-5-9-23-10-12-24(13-11-23)26-16-18-33-21-27(26)30(35)34-17-4-8-22-6-2-1-3-7-22/h1-3,6-7,10-15,20,33H,4-5,8-9,16-19,21H2,(H,34,35). The highest BCUT2D eigenvalue weighted by Crippen LogP contribution is 2.27. The highest BCUT2D eigenvalue weighted by molar-refractivity contribution is 9.10. The van der Waals surface area contributed by atoms with Gasteiger partial charge in [0.2, 0.25) is 5.91 Å².